The van der Waals surface area contributed by atoms with E-state index in [-0.39, 0.29) is 6.54 Å². The van der Waals surface area contributed by atoms with Crippen molar-refractivity contribution in [3.05, 3.63) is 0 Å². The standard InChI is InChI=1S/C5H13N2O5P/c1-3(7)5(8)4(2-6)12-13(9,10)11/h3-4H,2,6-7H2,1H3,(H2,9,10,11)/t3-,4?/m0/s1. The molecule has 0 saturated heterocycles. The van der Waals surface area contributed by atoms with Gasteiger partial charge >= 0.3 is 7.82 Å². The van der Waals surface area contributed by atoms with Gasteiger partial charge in [0.25, 0.3) is 0 Å². The van der Waals surface area contributed by atoms with Gasteiger partial charge in [0.1, 0.15) is 6.10 Å². The topological polar surface area (TPSA) is 136 Å². The molecular formula is C5H13N2O5P. The molecular weight excluding hydrogens is 199 g/mol. The van der Waals surface area contributed by atoms with Crippen LogP contribution in [0.25, 0.3) is 0 Å². The lowest BCUT2D eigenvalue weighted by Gasteiger charge is -2.16. The summed E-state index contributed by atoms with van der Waals surface area (Å²) in [6, 6.07) is -0.861. The third-order valence-electron chi connectivity index (χ3n) is 1.24. The van der Waals surface area contributed by atoms with Crippen LogP contribution in [0, 0.1) is 0 Å². The molecule has 0 radical (unpaired) electrons. The first-order valence-corrected chi connectivity index (χ1v) is 5.04. The molecule has 0 aliphatic heterocycles. The van der Waals surface area contributed by atoms with E-state index in [4.69, 9.17) is 21.3 Å². The second-order valence-corrected chi connectivity index (χ2v) is 3.70. The molecule has 0 bridgehead atoms. The smallest absolute Gasteiger partial charge is 0.328 e. The summed E-state index contributed by atoms with van der Waals surface area (Å²) >= 11 is 0. The summed E-state index contributed by atoms with van der Waals surface area (Å²) in [6.07, 6.45) is -1.35. The summed E-state index contributed by atoms with van der Waals surface area (Å²) < 4.78 is 14.5. The maximum absolute atomic E-state index is 11.1. The molecule has 0 aliphatic carbocycles. The summed E-state index contributed by atoms with van der Waals surface area (Å²) in [5, 5.41) is 0. The van der Waals surface area contributed by atoms with Crippen LogP contribution in [0.15, 0.2) is 0 Å². The molecule has 2 atom stereocenters. The van der Waals surface area contributed by atoms with Crippen LogP contribution < -0.4 is 11.5 Å². The molecule has 1 unspecified atom stereocenters. The van der Waals surface area contributed by atoms with E-state index in [0.717, 1.165) is 0 Å². The highest BCUT2D eigenvalue weighted by molar-refractivity contribution is 7.46. The van der Waals surface area contributed by atoms with Gasteiger partial charge in [-0.05, 0) is 6.92 Å². The van der Waals surface area contributed by atoms with Crippen LogP contribution in [0.5, 0.6) is 0 Å². The van der Waals surface area contributed by atoms with Gasteiger partial charge in [0.2, 0.25) is 0 Å². The molecule has 7 nitrogen and oxygen atoms in total. The molecule has 78 valence electrons. The van der Waals surface area contributed by atoms with Crippen LogP contribution in [0.2, 0.25) is 0 Å². The number of carbonyl (C=O) groups excluding carboxylic acids is 1. The lowest BCUT2D eigenvalue weighted by atomic mass is 10.1. The van der Waals surface area contributed by atoms with Crippen molar-refractivity contribution in [3.8, 4) is 0 Å². The summed E-state index contributed by atoms with van der Waals surface area (Å²) in [4.78, 5) is 27.9. The molecule has 8 heteroatoms. The van der Waals surface area contributed by atoms with E-state index in [0.29, 0.717) is 0 Å². The SMILES string of the molecule is C[C@H](N)C(=O)C(CN)OP(=O)(O)O. The minimum atomic E-state index is -4.69. The molecule has 0 aliphatic rings. The van der Waals surface area contributed by atoms with Gasteiger partial charge in [-0.2, -0.15) is 0 Å². The highest BCUT2D eigenvalue weighted by Gasteiger charge is 2.28. The fraction of sp³-hybridized carbons (Fsp3) is 0.800. The number of carbonyl (C=O) groups is 1. The number of hydrogen-bond acceptors (Lipinski definition) is 5. The number of phosphoric ester groups is 1. The molecule has 0 saturated carbocycles. The van der Waals surface area contributed by atoms with E-state index >= 15 is 0 Å². The average Bonchev–Trinajstić information content (AvgIpc) is 1.97. The molecule has 0 aromatic carbocycles. The van der Waals surface area contributed by atoms with Gasteiger partial charge in [0.05, 0.1) is 6.04 Å². The monoisotopic (exact) mass is 212 g/mol. The predicted octanol–water partition coefficient (Wildman–Crippen LogP) is -1.66. The van der Waals surface area contributed by atoms with Crippen molar-refractivity contribution < 1.29 is 23.7 Å². The molecule has 0 spiro atoms. The number of Topliss-reactive ketones (excluding diaryl/α,β-unsaturated/α-hetero) is 1. The van der Waals surface area contributed by atoms with Gasteiger partial charge in [-0.15, -0.1) is 0 Å². The number of ketones is 1. The predicted molar refractivity (Wildman–Crippen MR) is 44.6 cm³/mol. The van der Waals surface area contributed by atoms with Crippen LogP contribution in [-0.2, 0) is 13.9 Å². The Bertz CT molecular complexity index is 225. The maximum Gasteiger partial charge on any atom is 0.470 e. The fourth-order valence-electron chi connectivity index (χ4n) is 0.670. The Hall–Kier alpha value is -0.300. The van der Waals surface area contributed by atoms with Crippen molar-refractivity contribution in [2.75, 3.05) is 6.54 Å². The van der Waals surface area contributed by atoms with E-state index < -0.39 is 25.8 Å². The molecule has 0 heterocycles. The Morgan fingerprint density at radius 2 is 2.08 bits per heavy atom. The quantitative estimate of drug-likeness (QED) is 0.400. The van der Waals surface area contributed by atoms with Crippen molar-refractivity contribution in [1.82, 2.24) is 0 Å². The Kier molecular flexibility index (Phi) is 4.69. The minimum Gasteiger partial charge on any atom is -0.328 e. The lowest BCUT2D eigenvalue weighted by molar-refractivity contribution is -0.127. The summed E-state index contributed by atoms with van der Waals surface area (Å²) in [7, 11) is -4.69. The van der Waals surface area contributed by atoms with Crippen LogP contribution in [-0.4, -0.2) is 34.3 Å². The average molecular weight is 212 g/mol. The van der Waals surface area contributed by atoms with Gasteiger partial charge in [0, 0.05) is 6.54 Å². The largest absolute Gasteiger partial charge is 0.470 e. The van der Waals surface area contributed by atoms with Crippen molar-refractivity contribution in [1.29, 1.82) is 0 Å². The zero-order valence-electron chi connectivity index (χ0n) is 7.08. The van der Waals surface area contributed by atoms with Gasteiger partial charge in [-0.3, -0.25) is 9.32 Å². The van der Waals surface area contributed by atoms with E-state index in [1.165, 1.54) is 6.92 Å². The first-order chi connectivity index (χ1) is 5.78. The van der Waals surface area contributed by atoms with E-state index in [1.807, 2.05) is 0 Å². The maximum atomic E-state index is 11.1. The van der Waals surface area contributed by atoms with Crippen molar-refractivity contribution in [2.24, 2.45) is 11.5 Å². The van der Waals surface area contributed by atoms with E-state index in [1.54, 1.807) is 0 Å². The van der Waals surface area contributed by atoms with Crippen molar-refractivity contribution in [3.63, 3.8) is 0 Å². The third kappa shape index (κ3) is 5.09. The zero-order valence-corrected chi connectivity index (χ0v) is 7.98. The minimum absolute atomic E-state index is 0.314. The van der Waals surface area contributed by atoms with E-state index in [9.17, 15) is 9.36 Å². The van der Waals surface area contributed by atoms with Crippen molar-refractivity contribution >= 4 is 13.6 Å². The fourth-order valence-corrected chi connectivity index (χ4v) is 1.19. The van der Waals surface area contributed by atoms with Gasteiger partial charge < -0.3 is 21.3 Å². The summed E-state index contributed by atoms with van der Waals surface area (Å²) in [6.45, 7) is 1.07. The Balaban J connectivity index is 4.36. The highest BCUT2D eigenvalue weighted by Crippen LogP contribution is 2.37. The third-order valence-corrected chi connectivity index (χ3v) is 1.77. The first-order valence-electron chi connectivity index (χ1n) is 3.51. The van der Waals surface area contributed by atoms with Crippen LogP contribution in [0.1, 0.15) is 6.92 Å². The van der Waals surface area contributed by atoms with Gasteiger partial charge in [0.15, 0.2) is 5.78 Å². The zero-order chi connectivity index (χ0) is 10.6. The normalized spacial score (nSPS) is 16.7. The number of hydrogen-bond donors (Lipinski definition) is 4. The number of nitrogens with two attached hydrogens (primary N) is 2. The highest BCUT2D eigenvalue weighted by atomic mass is 31.2. The lowest BCUT2D eigenvalue weighted by Crippen LogP contribution is -2.41. The molecule has 6 N–H and O–H groups in total. The van der Waals surface area contributed by atoms with E-state index in [2.05, 4.69) is 4.52 Å². The second-order valence-electron chi connectivity index (χ2n) is 2.51. The number of phosphoric acid groups is 1. The summed E-state index contributed by atoms with van der Waals surface area (Å²) in [5.74, 6) is -0.633. The number of rotatable bonds is 5. The Morgan fingerprint density at radius 3 is 2.31 bits per heavy atom. The summed E-state index contributed by atoms with van der Waals surface area (Å²) in [5.41, 5.74) is 10.3. The van der Waals surface area contributed by atoms with Crippen LogP contribution >= 0.6 is 7.82 Å². The first kappa shape index (κ1) is 12.7. The van der Waals surface area contributed by atoms with Crippen molar-refractivity contribution in [2.45, 2.75) is 19.1 Å². The molecule has 0 amide bonds. The molecule has 13 heavy (non-hydrogen) atoms. The Morgan fingerprint density at radius 1 is 1.62 bits per heavy atom. The van der Waals surface area contributed by atoms with Gasteiger partial charge in [-0.1, -0.05) is 0 Å². The molecule has 0 rings (SSSR count). The molecule has 0 aromatic rings. The molecule has 0 fully saturated rings. The second kappa shape index (κ2) is 4.80. The Labute approximate surface area is 75.3 Å². The van der Waals surface area contributed by atoms with Gasteiger partial charge in [-0.25, -0.2) is 4.57 Å². The van der Waals surface area contributed by atoms with Crippen LogP contribution in [0.4, 0.5) is 0 Å². The molecule has 0 aromatic heterocycles. The van der Waals surface area contributed by atoms with Crippen LogP contribution in [0.3, 0.4) is 0 Å².